The minimum absolute atomic E-state index is 0.289. The van der Waals surface area contributed by atoms with Crippen molar-refractivity contribution in [1.82, 2.24) is 19.7 Å². The predicted molar refractivity (Wildman–Crippen MR) is 84.0 cm³/mol. The number of hydrogen-bond donors (Lipinski definition) is 2. The molecule has 0 aromatic carbocycles. The molecule has 0 spiro atoms. The van der Waals surface area contributed by atoms with Gasteiger partial charge in [-0.25, -0.2) is 9.48 Å². The maximum Gasteiger partial charge on any atom is 0.323 e. The molecule has 8 nitrogen and oxygen atoms in total. The van der Waals surface area contributed by atoms with Crippen LogP contribution in [0.1, 0.15) is 12.5 Å². The number of anilines is 1. The number of nitrogens with two attached hydrogens (primary N) is 1. The van der Waals surface area contributed by atoms with Crippen LogP contribution in [0.3, 0.4) is 0 Å². The van der Waals surface area contributed by atoms with Crippen molar-refractivity contribution in [3.63, 3.8) is 0 Å². The van der Waals surface area contributed by atoms with Crippen LogP contribution in [0.25, 0.3) is 5.69 Å². The summed E-state index contributed by atoms with van der Waals surface area (Å²) in [6, 6.07) is 3.40. The molecule has 3 heterocycles. The van der Waals surface area contributed by atoms with Gasteiger partial charge in [-0.2, -0.15) is 0 Å². The highest BCUT2D eigenvalue weighted by Gasteiger charge is 2.46. The fourth-order valence-corrected chi connectivity index (χ4v) is 2.48. The molecule has 2 aromatic heterocycles. The first kappa shape index (κ1) is 15.0. The lowest BCUT2D eigenvalue weighted by molar-refractivity contribution is -0.133. The van der Waals surface area contributed by atoms with Crippen molar-refractivity contribution in [2.75, 3.05) is 18.4 Å². The van der Waals surface area contributed by atoms with E-state index < -0.39 is 11.3 Å². The quantitative estimate of drug-likeness (QED) is 0.878. The number of carbonyl (C=O) groups is 2. The molecule has 0 unspecified atom stereocenters. The summed E-state index contributed by atoms with van der Waals surface area (Å²) in [5, 5.41) is 7.12. The van der Waals surface area contributed by atoms with Crippen LogP contribution in [-0.4, -0.2) is 44.7 Å². The zero-order valence-corrected chi connectivity index (χ0v) is 13.0. The van der Waals surface area contributed by atoms with Crippen molar-refractivity contribution < 1.29 is 9.59 Å². The molecule has 23 heavy (non-hydrogen) atoms. The SMILES string of the molecule is Cc1cn(-c2cccnc2)nc1NC(=O)N1CC(C)(C(N)=O)C1. The van der Waals surface area contributed by atoms with Gasteiger partial charge in [-0.1, -0.05) is 0 Å². The summed E-state index contributed by atoms with van der Waals surface area (Å²) in [6.07, 6.45) is 5.18. The Labute approximate surface area is 133 Å². The second kappa shape index (κ2) is 5.38. The van der Waals surface area contributed by atoms with Gasteiger partial charge in [0.05, 0.1) is 17.3 Å². The van der Waals surface area contributed by atoms with E-state index in [1.165, 1.54) is 4.90 Å². The largest absolute Gasteiger partial charge is 0.369 e. The summed E-state index contributed by atoms with van der Waals surface area (Å²) in [6.45, 7) is 4.24. The van der Waals surface area contributed by atoms with Gasteiger partial charge >= 0.3 is 6.03 Å². The van der Waals surface area contributed by atoms with Gasteiger partial charge in [0.1, 0.15) is 0 Å². The molecule has 0 atom stereocenters. The standard InChI is InChI=1S/C15H18N6O2/c1-10-7-21(11-4-3-5-17-6-11)19-12(10)18-14(23)20-8-15(2,9-20)13(16)22/h3-7H,8-9H2,1-2H3,(H2,16,22)(H,18,19,23). The number of rotatable bonds is 3. The molecular formula is C15H18N6O2. The van der Waals surface area contributed by atoms with Crippen LogP contribution in [0.2, 0.25) is 0 Å². The Kier molecular flexibility index (Phi) is 3.51. The Bertz CT molecular complexity index is 749. The third-order valence-electron chi connectivity index (χ3n) is 3.99. The normalized spacial score (nSPS) is 15.8. The Morgan fingerprint density at radius 2 is 2.13 bits per heavy atom. The van der Waals surface area contributed by atoms with Gasteiger partial charge in [-0.05, 0) is 26.0 Å². The highest BCUT2D eigenvalue weighted by atomic mass is 16.2. The van der Waals surface area contributed by atoms with Gasteiger partial charge in [-0.15, -0.1) is 5.10 Å². The molecular weight excluding hydrogens is 296 g/mol. The number of nitrogens with one attached hydrogen (secondary N) is 1. The lowest BCUT2D eigenvalue weighted by Crippen LogP contribution is -2.63. The van der Waals surface area contributed by atoms with Gasteiger partial charge in [0.15, 0.2) is 5.82 Å². The molecule has 3 amide bonds. The van der Waals surface area contributed by atoms with Gasteiger partial charge in [0.2, 0.25) is 5.91 Å². The van der Waals surface area contributed by atoms with Gasteiger partial charge < -0.3 is 10.6 Å². The van der Waals surface area contributed by atoms with Crippen LogP contribution in [0.15, 0.2) is 30.7 Å². The van der Waals surface area contributed by atoms with E-state index in [0.717, 1.165) is 11.3 Å². The van der Waals surface area contributed by atoms with Crippen molar-refractivity contribution in [2.45, 2.75) is 13.8 Å². The minimum atomic E-state index is -0.637. The van der Waals surface area contributed by atoms with Crippen molar-refractivity contribution in [3.05, 3.63) is 36.3 Å². The minimum Gasteiger partial charge on any atom is -0.369 e. The van der Waals surface area contributed by atoms with Gasteiger partial charge in [0.25, 0.3) is 0 Å². The number of carbonyl (C=O) groups excluding carboxylic acids is 2. The summed E-state index contributed by atoms with van der Waals surface area (Å²) in [4.78, 5) is 29.1. The predicted octanol–water partition coefficient (Wildman–Crippen LogP) is 0.915. The lowest BCUT2D eigenvalue weighted by atomic mass is 9.81. The van der Waals surface area contributed by atoms with E-state index in [1.54, 1.807) is 24.0 Å². The van der Waals surface area contributed by atoms with Crippen LogP contribution in [0.5, 0.6) is 0 Å². The third-order valence-corrected chi connectivity index (χ3v) is 3.99. The first-order valence-corrected chi connectivity index (χ1v) is 7.21. The van der Waals surface area contributed by atoms with E-state index in [2.05, 4.69) is 15.4 Å². The second-order valence-electron chi connectivity index (χ2n) is 6.03. The third kappa shape index (κ3) is 2.75. The summed E-state index contributed by atoms with van der Waals surface area (Å²) in [5.74, 6) is 0.0881. The zero-order valence-electron chi connectivity index (χ0n) is 13.0. The van der Waals surface area contributed by atoms with Crippen LogP contribution in [-0.2, 0) is 4.79 Å². The molecule has 1 aliphatic rings. The van der Waals surface area contributed by atoms with Crippen LogP contribution in [0.4, 0.5) is 10.6 Å². The van der Waals surface area contributed by atoms with Gasteiger partial charge in [-0.3, -0.25) is 15.1 Å². The molecule has 0 aliphatic carbocycles. The molecule has 1 fully saturated rings. The number of nitrogens with zero attached hydrogens (tertiary/aromatic N) is 4. The molecule has 1 aliphatic heterocycles. The fourth-order valence-electron chi connectivity index (χ4n) is 2.48. The number of hydrogen-bond acceptors (Lipinski definition) is 4. The number of pyridine rings is 1. The highest BCUT2D eigenvalue weighted by molar-refractivity contribution is 5.92. The zero-order chi connectivity index (χ0) is 16.6. The number of amides is 3. The average Bonchev–Trinajstić information content (AvgIpc) is 2.85. The lowest BCUT2D eigenvalue weighted by Gasteiger charge is -2.45. The number of urea groups is 1. The van der Waals surface area contributed by atoms with Crippen molar-refractivity contribution in [3.8, 4) is 5.69 Å². The maximum atomic E-state index is 12.2. The Morgan fingerprint density at radius 3 is 2.74 bits per heavy atom. The molecule has 2 aromatic rings. The number of likely N-dealkylation sites (tertiary alicyclic amines) is 1. The van der Waals surface area contributed by atoms with Crippen LogP contribution < -0.4 is 11.1 Å². The fraction of sp³-hybridized carbons (Fsp3) is 0.333. The summed E-state index contributed by atoms with van der Waals surface area (Å²) < 4.78 is 1.65. The Hall–Kier alpha value is -2.90. The average molecular weight is 314 g/mol. The molecule has 120 valence electrons. The molecule has 0 radical (unpaired) electrons. The number of aryl methyl sites for hydroxylation is 1. The van der Waals surface area contributed by atoms with Crippen molar-refractivity contribution in [1.29, 1.82) is 0 Å². The van der Waals surface area contributed by atoms with Gasteiger partial charge in [0, 0.05) is 31.0 Å². The van der Waals surface area contributed by atoms with Crippen molar-refractivity contribution in [2.24, 2.45) is 11.1 Å². The van der Waals surface area contributed by atoms with E-state index in [9.17, 15) is 9.59 Å². The molecule has 0 saturated carbocycles. The Balaban J connectivity index is 1.69. The summed E-state index contributed by atoms with van der Waals surface area (Å²) in [5.41, 5.74) is 6.32. The van der Waals surface area contributed by atoms with Crippen LogP contribution in [0, 0.1) is 12.3 Å². The number of primary amides is 1. The van der Waals surface area contributed by atoms with Crippen LogP contribution >= 0.6 is 0 Å². The first-order valence-electron chi connectivity index (χ1n) is 7.21. The molecule has 0 bridgehead atoms. The Morgan fingerprint density at radius 1 is 1.39 bits per heavy atom. The second-order valence-corrected chi connectivity index (χ2v) is 6.03. The molecule has 3 N–H and O–H groups in total. The van der Waals surface area contributed by atoms with E-state index in [0.29, 0.717) is 18.9 Å². The molecule has 3 rings (SSSR count). The topological polar surface area (TPSA) is 106 Å². The van der Waals surface area contributed by atoms with E-state index in [1.807, 2.05) is 25.3 Å². The monoisotopic (exact) mass is 314 g/mol. The molecule has 1 saturated heterocycles. The first-order chi connectivity index (χ1) is 10.9. The van der Waals surface area contributed by atoms with E-state index >= 15 is 0 Å². The van der Waals surface area contributed by atoms with E-state index in [-0.39, 0.29) is 6.03 Å². The van der Waals surface area contributed by atoms with E-state index in [4.69, 9.17) is 5.73 Å². The van der Waals surface area contributed by atoms with Crippen molar-refractivity contribution >= 4 is 17.8 Å². The highest BCUT2D eigenvalue weighted by Crippen LogP contribution is 2.29. The summed E-state index contributed by atoms with van der Waals surface area (Å²) >= 11 is 0. The smallest absolute Gasteiger partial charge is 0.323 e. The molecule has 8 heteroatoms. The maximum absolute atomic E-state index is 12.2. The summed E-state index contributed by atoms with van der Waals surface area (Å²) in [7, 11) is 0. The number of aromatic nitrogens is 3.